The summed E-state index contributed by atoms with van der Waals surface area (Å²) in [5.74, 6) is 2.26. The number of phenolic OH excluding ortho intramolecular Hbond substituents is 1. The van der Waals surface area contributed by atoms with E-state index in [1.165, 1.54) is 7.11 Å². The number of aromatic hydroxyl groups is 1. The molecule has 0 radical (unpaired) electrons. The first-order valence-electron chi connectivity index (χ1n) is 7.59. The number of ether oxygens (including phenoxy) is 3. The summed E-state index contributed by atoms with van der Waals surface area (Å²) in [4.78, 5) is 0. The summed E-state index contributed by atoms with van der Waals surface area (Å²) in [6.07, 6.45) is 0.884. The zero-order valence-electron chi connectivity index (χ0n) is 13.3. The van der Waals surface area contributed by atoms with Gasteiger partial charge in [-0.25, -0.2) is 0 Å². The van der Waals surface area contributed by atoms with Crippen molar-refractivity contribution in [2.24, 2.45) is 0 Å². The number of fused-ring (bicyclic) bond motifs is 1. The zero-order chi connectivity index (χ0) is 16.2. The molecule has 2 aromatic carbocycles. The summed E-state index contributed by atoms with van der Waals surface area (Å²) < 4.78 is 16.2. The first kappa shape index (κ1) is 15.5. The Morgan fingerprint density at radius 1 is 1.17 bits per heavy atom. The highest BCUT2D eigenvalue weighted by atomic mass is 16.5. The van der Waals surface area contributed by atoms with Crippen molar-refractivity contribution in [3.63, 3.8) is 0 Å². The molecule has 0 aromatic heterocycles. The van der Waals surface area contributed by atoms with Crippen LogP contribution >= 0.6 is 0 Å². The van der Waals surface area contributed by atoms with E-state index in [2.05, 4.69) is 11.4 Å². The topological polar surface area (TPSA) is 60.0 Å². The van der Waals surface area contributed by atoms with E-state index in [4.69, 9.17) is 14.2 Å². The van der Waals surface area contributed by atoms with E-state index in [-0.39, 0.29) is 11.8 Å². The Kier molecular flexibility index (Phi) is 4.57. The standard InChI is InChI=1S/C18H21NO4/c1-21-16-7-6-12(8-15(16)20)10-19-14-9-13-4-3-5-17(22-2)18(13)23-11-14/h3-8,14,19-20H,9-11H2,1-2H3/t14-/m1/s1. The molecule has 1 aliphatic rings. The molecule has 1 heterocycles. The van der Waals surface area contributed by atoms with Crippen LogP contribution in [0.15, 0.2) is 36.4 Å². The Hall–Kier alpha value is -2.40. The van der Waals surface area contributed by atoms with Gasteiger partial charge in [-0.2, -0.15) is 0 Å². The van der Waals surface area contributed by atoms with E-state index in [9.17, 15) is 5.11 Å². The monoisotopic (exact) mass is 315 g/mol. The molecular formula is C18H21NO4. The van der Waals surface area contributed by atoms with Crippen LogP contribution in [-0.2, 0) is 13.0 Å². The first-order valence-corrected chi connectivity index (χ1v) is 7.59. The molecule has 0 fully saturated rings. The van der Waals surface area contributed by atoms with E-state index in [0.717, 1.165) is 29.0 Å². The van der Waals surface area contributed by atoms with Crippen LogP contribution in [-0.4, -0.2) is 32.0 Å². The summed E-state index contributed by atoms with van der Waals surface area (Å²) in [5.41, 5.74) is 2.14. The predicted octanol–water partition coefficient (Wildman–Crippen LogP) is 2.50. The molecule has 2 N–H and O–H groups in total. The maximum atomic E-state index is 9.82. The summed E-state index contributed by atoms with van der Waals surface area (Å²) in [6.45, 7) is 1.25. The van der Waals surface area contributed by atoms with Gasteiger partial charge in [0.1, 0.15) is 6.61 Å². The average molecular weight is 315 g/mol. The molecule has 0 aliphatic carbocycles. The fourth-order valence-electron chi connectivity index (χ4n) is 2.79. The van der Waals surface area contributed by atoms with E-state index in [0.29, 0.717) is 18.9 Å². The highest BCUT2D eigenvalue weighted by Crippen LogP contribution is 2.34. The normalized spacial score (nSPS) is 16.3. The molecule has 3 rings (SSSR count). The fourth-order valence-corrected chi connectivity index (χ4v) is 2.79. The van der Waals surface area contributed by atoms with Crippen molar-refractivity contribution in [2.75, 3.05) is 20.8 Å². The summed E-state index contributed by atoms with van der Waals surface area (Å²) in [7, 11) is 3.19. The average Bonchev–Trinajstić information content (AvgIpc) is 2.59. The van der Waals surface area contributed by atoms with Gasteiger partial charge in [0.15, 0.2) is 23.0 Å². The lowest BCUT2D eigenvalue weighted by atomic mass is 10.0. The molecule has 0 spiro atoms. The van der Waals surface area contributed by atoms with Crippen molar-refractivity contribution in [1.82, 2.24) is 5.32 Å². The first-order chi connectivity index (χ1) is 11.2. The van der Waals surface area contributed by atoms with Crippen LogP contribution in [0.1, 0.15) is 11.1 Å². The van der Waals surface area contributed by atoms with Gasteiger partial charge in [-0.15, -0.1) is 0 Å². The lowest BCUT2D eigenvalue weighted by molar-refractivity contribution is 0.226. The number of para-hydroxylation sites is 1. The molecule has 0 saturated heterocycles. The van der Waals surface area contributed by atoms with E-state index >= 15 is 0 Å². The third-order valence-electron chi connectivity index (χ3n) is 4.01. The van der Waals surface area contributed by atoms with Crippen molar-refractivity contribution in [3.05, 3.63) is 47.5 Å². The Balaban J connectivity index is 1.63. The number of hydrogen-bond acceptors (Lipinski definition) is 5. The van der Waals surface area contributed by atoms with Crippen LogP contribution in [0.3, 0.4) is 0 Å². The quantitative estimate of drug-likeness (QED) is 0.888. The molecule has 0 bridgehead atoms. The van der Waals surface area contributed by atoms with Crippen molar-refractivity contribution in [3.8, 4) is 23.0 Å². The summed E-state index contributed by atoms with van der Waals surface area (Å²) >= 11 is 0. The number of benzene rings is 2. The lowest BCUT2D eigenvalue weighted by Crippen LogP contribution is -2.38. The smallest absolute Gasteiger partial charge is 0.164 e. The van der Waals surface area contributed by atoms with Gasteiger partial charge in [-0.1, -0.05) is 18.2 Å². The molecular weight excluding hydrogens is 294 g/mol. The molecule has 1 aliphatic heterocycles. The van der Waals surface area contributed by atoms with Crippen LogP contribution in [0.5, 0.6) is 23.0 Å². The van der Waals surface area contributed by atoms with Crippen molar-refractivity contribution >= 4 is 0 Å². The molecule has 5 nitrogen and oxygen atoms in total. The number of methoxy groups -OCH3 is 2. The minimum atomic E-state index is 0.154. The second kappa shape index (κ2) is 6.79. The number of hydrogen-bond donors (Lipinski definition) is 2. The van der Waals surface area contributed by atoms with Gasteiger partial charge in [0.2, 0.25) is 0 Å². The van der Waals surface area contributed by atoms with Gasteiger partial charge in [0.05, 0.1) is 14.2 Å². The van der Waals surface area contributed by atoms with E-state index in [1.54, 1.807) is 19.2 Å². The van der Waals surface area contributed by atoms with Crippen LogP contribution in [0.2, 0.25) is 0 Å². The molecule has 0 amide bonds. The Labute approximate surface area is 135 Å². The van der Waals surface area contributed by atoms with Crippen LogP contribution in [0, 0.1) is 0 Å². The molecule has 0 saturated carbocycles. The van der Waals surface area contributed by atoms with Gasteiger partial charge >= 0.3 is 0 Å². The second-order valence-electron chi connectivity index (χ2n) is 5.55. The SMILES string of the molecule is COc1ccc(CN[C@H]2COc3c(cccc3OC)C2)cc1O. The lowest BCUT2D eigenvalue weighted by Gasteiger charge is -2.27. The van der Waals surface area contributed by atoms with Crippen LogP contribution < -0.4 is 19.5 Å². The molecule has 2 aromatic rings. The fraction of sp³-hybridized carbons (Fsp3) is 0.333. The third-order valence-corrected chi connectivity index (χ3v) is 4.01. The molecule has 1 atom stereocenters. The van der Waals surface area contributed by atoms with Gasteiger partial charge in [0.25, 0.3) is 0 Å². The molecule has 122 valence electrons. The largest absolute Gasteiger partial charge is 0.504 e. The predicted molar refractivity (Wildman–Crippen MR) is 87.5 cm³/mol. The second-order valence-corrected chi connectivity index (χ2v) is 5.55. The van der Waals surface area contributed by atoms with Gasteiger partial charge in [-0.3, -0.25) is 0 Å². The van der Waals surface area contributed by atoms with Gasteiger partial charge in [-0.05, 0) is 35.7 Å². The number of nitrogens with one attached hydrogen (secondary N) is 1. The minimum absolute atomic E-state index is 0.154. The van der Waals surface area contributed by atoms with Gasteiger partial charge < -0.3 is 24.6 Å². The Morgan fingerprint density at radius 3 is 2.74 bits per heavy atom. The zero-order valence-corrected chi connectivity index (χ0v) is 13.3. The summed E-state index contributed by atoms with van der Waals surface area (Å²) in [5, 5.41) is 13.3. The molecule has 23 heavy (non-hydrogen) atoms. The van der Waals surface area contributed by atoms with Crippen LogP contribution in [0.25, 0.3) is 0 Å². The van der Waals surface area contributed by atoms with Gasteiger partial charge in [0, 0.05) is 12.6 Å². The van der Waals surface area contributed by atoms with E-state index < -0.39 is 0 Å². The van der Waals surface area contributed by atoms with E-state index in [1.807, 2.05) is 18.2 Å². The molecule has 5 heteroatoms. The molecule has 0 unspecified atom stereocenters. The highest BCUT2D eigenvalue weighted by Gasteiger charge is 2.22. The number of rotatable bonds is 5. The van der Waals surface area contributed by atoms with Crippen LogP contribution in [0.4, 0.5) is 0 Å². The van der Waals surface area contributed by atoms with Crippen molar-refractivity contribution in [1.29, 1.82) is 0 Å². The van der Waals surface area contributed by atoms with Crippen molar-refractivity contribution < 1.29 is 19.3 Å². The maximum absolute atomic E-state index is 9.82. The number of phenols is 1. The van der Waals surface area contributed by atoms with Crippen molar-refractivity contribution in [2.45, 2.75) is 19.0 Å². The Bertz CT molecular complexity index is 687. The third kappa shape index (κ3) is 3.35. The minimum Gasteiger partial charge on any atom is -0.504 e. The highest BCUT2D eigenvalue weighted by molar-refractivity contribution is 5.48. The summed E-state index contributed by atoms with van der Waals surface area (Å²) in [6, 6.07) is 11.6. The maximum Gasteiger partial charge on any atom is 0.164 e. The Morgan fingerprint density at radius 2 is 2.00 bits per heavy atom.